The number of hydrogen-bond donors (Lipinski definition) is 3. The predicted molar refractivity (Wildman–Crippen MR) is 124 cm³/mol. The quantitative estimate of drug-likeness (QED) is 0.520. The molecule has 3 N–H and O–H groups in total. The molecule has 1 amide bonds. The number of carbonyl (C=O) groups is 1. The van der Waals surface area contributed by atoms with Crippen LogP contribution in [0.4, 0.5) is 5.00 Å². The number of amides is 1. The summed E-state index contributed by atoms with van der Waals surface area (Å²) < 4.78 is 1.18. The molecule has 5 nitrogen and oxygen atoms in total. The van der Waals surface area contributed by atoms with Crippen LogP contribution in [-0.4, -0.2) is 29.5 Å². The highest BCUT2D eigenvalue weighted by molar-refractivity contribution is 7.23. The SMILES string of the molecule is CC(C)NCCC(=O)Nc1sc2c(c1-c1nc3ccccc3s1)C[C@@H](C)N[C@@H]2C. The lowest BCUT2D eigenvalue weighted by Crippen LogP contribution is -2.35. The fourth-order valence-corrected chi connectivity index (χ4v) is 6.23. The molecule has 1 aliphatic heterocycles. The van der Waals surface area contributed by atoms with E-state index in [2.05, 4.69) is 55.8 Å². The van der Waals surface area contributed by atoms with Gasteiger partial charge in [0.25, 0.3) is 0 Å². The second kappa shape index (κ2) is 8.52. The molecular weight excluding hydrogens is 400 g/mol. The van der Waals surface area contributed by atoms with Crippen LogP contribution in [0, 0.1) is 0 Å². The summed E-state index contributed by atoms with van der Waals surface area (Å²) in [6.45, 7) is 9.28. The standard InChI is InChI=1S/C22H28N4OS2/c1-12(2)23-10-9-18(27)26-22-19(15-11-13(3)24-14(4)20(15)29-22)21-25-16-7-5-6-8-17(16)28-21/h5-8,12-14,23-24H,9-11H2,1-4H3,(H,26,27)/t13-,14-/m1/s1. The Morgan fingerprint density at radius 1 is 1.28 bits per heavy atom. The third-order valence-electron chi connectivity index (χ3n) is 5.14. The summed E-state index contributed by atoms with van der Waals surface area (Å²) in [5.41, 5.74) is 3.47. The molecule has 0 unspecified atom stereocenters. The number of fused-ring (bicyclic) bond motifs is 2. The molecule has 0 aliphatic carbocycles. The summed E-state index contributed by atoms with van der Waals surface area (Å²) in [6, 6.07) is 9.29. The molecule has 0 saturated carbocycles. The van der Waals surface area contributed by atoms with Crippen LogP contribution in [0.5, 0.6) is 0 Å². The van der Waals surface area contributed by atoms with Crippen molar-refractivity contribution in [2.45, 2.75) is 58.7 Å². The van der Waals surface area contributed by atoms with Crippen molar-refractivity contribution in [1.82, 2.24) is 15.6 Å². The van der Waals surface area contributed by atoms with Crippen molar-refractivity contribution in [3.05, 3.63) is 34.7 Å². The lowest BCUT2D eigenvalue weighted by atomic mass is 9.95. The molecule has 3 heterocycles. The molecule has 2 aromatic heterocycles. The normalized spacial score (nSPS) is 18.9. The van der Waals surface area contributed by atoms with E-state index in [4.69, 9.17) is 4.98 Å². The summed E-state index contributed by atoms with van der Waals surface area (Å²) in [7, 11) is 0. The third kappa shape index (κ3) is 4.38. The first-order valence-electron chi connectivity index (χ1n) is 10.2. The van der Waals surface area contributed by atoms with Crippen molar-refractivity contribution >= 4 is 43.8 Å². The van der Waals surface area contributed by atoms with Gasteiger partial charge in [-0.15, -0.1) is 22.7 Å². The molecule has 3 aromatic rings. The first-order valence-corrected chi connectivity index (χ1v) is 11.9. The number of anilines is 1. The number of thiophene rings is 1. The molecule has 7 heteroatoms. The Morgan fingerprint density at radius 3 is 2.83 bits per heavy atom. The van der Waals surface area contributed by atoms with Gasteiger partial charge in [0, 0.05) is 41.5 Å². The highest BCUT2D eigenvalue weighted by Crippen LogP contribution is 2.47. The van der Waals surface area contributed by atoms with Gasteiger partial charge >= 0.3 is 0 Å². The minimum atomic E-state index is 0.0489. The summed E-state index contributed by atoms with van der Waals surface area (Å²) in [5, 5.41) is 12.1. The van der Waals surface area contributed by atoms with Crippen molar-refractivity contribution < 1.29 is 4.79 Å². The van der Waals surface area contributed by atoms with E-state index in [0.29, 0.717) is 25.0 Å². The van der Waals surface area contributed by atoms with Crippen LogP contribution in [0.1, 0.15) is 50.6 Å². The minimum Gasteiger partial charge on any atom is -0.317 e. The molecule has 0 bridgehead atoms. The molecule has 2 atom stereocenters. The topological polar surface area (TPSA) is 66.0 Å². The van der Waals surface area contributed by atoms with Crippen molar-refractivity contribution in [2.75, 3.05) is 11.9 Å². The lowest BCUT2D eigenvalue weighted by Gasteiger charge is -2.26. The lowest BCUT2D eigenvalue weighted by molar-refractivity contribution is -0.116. The molecule has 0 fully saturated rings. The van der Waals surface area contributed by atoms with Gasteiger partial charge in [-0.2, -0.15) is 0 Å². The second-order valence-electron chi connectivity index (χ2n) is 8.04. The van der Waals surface area contributed by atoms with Crippen molar-refractivity contribution in [3.8, 4) is 10.6 Å². The monoisotopic (exact) mass is 428 g/mol. The molecule has 0 spiro atoms. The maximum Gasteiger partial charge on any atom is 0.226 e. The molecule has 1 aliphatic rings. The minimum absolute atomic E-state index is 0.0489. The summed E-state index contributed by atoms with van der Waals surface area (Å²) in [6.07, 6.45) is 1.41. The number of aromatic nitrogens is 1. The van der Waals surface area contributed by atoms with Gasteiger partial charge in [0.1, 0.15) is 10.0 Å². The number of nitrogens with zero attached hydrogens (tertiary/aromatic N) is 1. The van der Waals surface area contributed by atoms with Crippen LogP contribution in [0.15, 0.2) is 24.3 Å². The zero-order valence-electron chi connectivity index (χ0n) is 17.3. The van der Waals surface area contributed by atoms with Crippen LogP contribution in [0.25, 0.3) is 20.8 Å². The van der Waals surface area contributed by atoms with E-state index in [1.165, 1.54) is 15.1 Å². The zero-order chi connectivity index (χ0) is 20.5. The first kappa shape index (κ1) is 20.5. The van der Waals surface area contributed by atoms with Gasteiger partial charge < -0.3 is 16.0 Å². The van der Waals surface area contributed by atoms with E-state index in [9.17, 15) is 4.79 Å². The van der Waals surface area contributed by atoms with Crippen molar-refractivity contribution in [1.29, 1.82) is 0 Å². The van der Waals surface area contributed by atoms with Gasteiger partial charge in [0.15, 0.2) is 0 Å². The predicted octanol–water partition coefficient (Wildman–Crippen LogP) is 4.95. The Kier molecular flexibility index (Phi) is 6.01. The Morgan fingerprint density at radius 2 is 2.07 bits per heavy atom. The van der Waals surface area contributed by atoms with Gasteiger partial charge in [0.2, 0.25) is 5.91 Å². The van der Waals surface area contributed by atoms with E-state index in [-0.39, 0.29) is 11.9 Å². The fraction of sp³-hybridized carbons (Fsp3) is 0.455. The number of nitrogens with one attached hydrogen (secondary N) is 3. The zero-order valence-corrected chi connectivity index (χ0v) is 19.0. The number of thiazole rings is 1. The van der Waals surface area contributed by atoms with Crippen LogP contribution < -0.4 is 16.0 Å². The Hall–Kier alpha value is -1.80. The third-order valence-corrected chi connectivity index (χ3v) is 7.53. The Labute approximate surface area is 179 Å². The second-order valence-corrected chi connectivity index (χ2v) is 10.1. The summed E-state index contributed by atoms with van der Waals surface area (Å²) >= 11 is 3.40. The van der Waals surface area contributed by atoms with Crippen LogP contribution in [0.3, 0.4) is 0 Å². The average molecular weight is 429 g/mol. The number of hydrogen-bond acceptors (Lipinski definition) is 6. The molecule has 4 rings (SSSR count). The molecule has 154 valence electrons. The van der Waals surface area contributed by atoms with Crippen LogP contribution in [-0.2, 0) is 11.2 Å². The van der Waals surface area contributed by atoms with Gasteiger partial charge in [-0.25, -0.2) is 4.98 Å². The first-order chi connectivity index (χ1) is 13.9. The van der Waals surface area contributed by atoms with Crippen molar-refractivity contribution in [3.63, 3.8) is 0 Å². The molecule has 0 saturated heterocycles. The van der Waals surface area contributed by atoms with Crippen molar-refractivity contribution in [2.24, 2.45) is 0 Å². The van der Waals surface area contributed by atoms with E-state index in [1.807, 2.05) is 12.1 Å². The average Bonchev–Trinajstić information content (AvgIpc) is 3.22. The van der Waals surface area contributed by atoms with Crippen LogP contribution >= 0.6 is 22.7 Å². The van der Waals surface area contributed by atoms with Crippen LogP contribution in [0.2, 0.25) is 0 Å². The Balaban J connectivity index is 1.70. The summed E-state index contributed by atoms with van der Waals surface area (Å²) in [4.78, 5) is 18.9. The highest BCUT2D eigenvalue weighted by atomic mass is 32.1. The largest absolute Gasteiger partial charge is 0.317 e. The summed E-state index contributed by atoms with van der Waals surface area (Å²) in [5.74, 6) is 0.0489. The van der Waals surface area contributed by atoms with E-state index < -0.39 is 0 Å². The number of rotatable bonds is 6. The smallest absolute Gasteiger partial charge is 0.226 e. The van der Waals surface area contributed by atoms with Gasteiger partial charge in [-0.3, -0.25) is 4.79 Å². The fourth-order valence-electron chi connectivity index (χ4n) is 3.86. The number of para-hydroxylation sites is 1. The molecule has 0 radical (unpaired) electrons. The van der Waals surface area contributed by atoms with Gasteiger partial charge in [0.05, 0.1) is 10.2 Å². The maximum atomic E-state index is 12.6. The molecule has 29 heavy (non-hydrogen) atoms. The van der Waals surface area contributed by atoms with E-state index in [0.717, 1.165) is 27.5 Å². The number of carbonyl (C=O) groups excluding carboxylic acids is 1. The maximum absolute atomic E-state index is 12.6. The van der Waals surface area contributed by atoms with Gasteiger partial charge in [-0.1, -0.05) is 26.0 Å². The molecular formula is C22H28N4OS2. The highest BCUT2D eigenvalue weighted by Gasteiger charge is 2.30. The van der Waals surface area contributed by atoms with Gasteiger partial charge in [-0.05, 0) is 38.0 Å². The molecule has 1 aromatic carbocycles. The Bertz CT molecular complexity index is 990. The number of benzene rings is 1. The van der Waals surface area contributed by atoms with E-state index in [1.54, 1.807) is 22.7 Å². The van der Waals surface area contributed by atoms with E-state index >= 15 is 0 Å².